The Morgan fingerprint density at radius 3 is 2.88 bits per heavy atom. The third kappa shape index (κ3) is 6.95. The molecule has 2 rings (SSSR count). The summed E-state index contributed by atoms with van der Waals surface area (Å²) in [7, 11) is 0. The Morgan fingerprint density at radius 1 is 1.40 bits per heavy atom. The lowest BCUT2D eigenvalue weighted by molar-refractivity contribution is -0.141. The van der Waals surface area contributed by atoms with E-state index >= 15 is 0 Å². The van der Waals surface area contributed by atoms with Gasteiger partial charge >= 0.3 is 6.18 Å². The van der Waals surface area contributed by atoms with Crippen LogP contribution in [0.4, 0.5) is 13.2 Å². The fourth-order valence-corrected chi connectivity index (χ4v) is 2.47. The van der Waals surface area contributed by atoms with Crippen molar-refractivity contribution >= 4 is 5.91 Å². The van der Waals surface area contributed by atoms with E-state index in [4.69, 9.17) is 9.47 Å². The minimum Gasteiger partial charge on any atom is -0.376 e. The molecule has 0 aromatic carbocycles. The molecule has 0 aliphatic carbocycles. The SMILES string of the molecule is Cc1cc(C(F)(F)F)nc(CCNC(=O)COCC2CCCCO2)n1. The first-order chi connectivity index (χ1) is 11.8. The van der Waals surface area contributed by atoms with Gasteiger partial charge in [-0.1, -0.05) is 0 Å². The third-order valence-corrected chi connectivity index (χ3v) is 3.67. The van der Waals surface area contributed by atoms with E-state index in [1.807, 2.05) is 0 Å². The van der Waals surface area contributed by atoms with E-state index in [9.17, 15) is 18.0 Å². The Morgan fingerprint density at radius 2 is 2.20 bits per heavy atom. The molecule has 1 N–H and O–H groups in total. The van der Waals surface area contributed by atoms with Gasteiger partial charge in [0, 0.05) is 25.3 Å². The van der Waals surface area contributed by atoms with Crippen molar-refractivity contribution in [2.24, 2.45) is 0 Å². The van der Waals surface area contributed by atoms with Crippen LogP contribution in [0, 0.1) is 6.92 Å². The molecule has 1 aliphatic rings. The molecule has 1 fully saturated rings. The van der Waals surface area contributed by atoms with E-state index in [1.165, 1.54) is 6.92 Å². The van der Waals surface area contributed by atoms with Crippen LogP contribution in [0.15, 0.2) is 6.07 Å². The average molecular weight is 361 g/mol. The van der Waals surface area contributed by atoms with Gasteiger partial charge in [-0.3, -0.25) is 4.79 Å². The number of nitrogens with one attached hydrogen (secondary N) is 1. The summed E-state index contributed by atoms with van der Waals surface area (Å²) < 4.78 is 48.9. The van der Waals surface area contributed by atoms with E-state index in [-0.39, 0.29) is 43.1 Å². The normalized spacial score (nSPS) is 18.2. The molecule has 25 heavy (non-hydrogen) atoms. The number of amides is 1. The first-order valence-electron chi connectivity index (χ1n) is 8.22. The second-order valence-electron chi connectivity index (χ2n) is 5.91. The molecule has 1 atom stereocenters. The summed E-state index contributed by atoms with van der Waals surface area (Å²) >= 11 is 0. The van der Waals surface area contributed by atoms with E-state index in [0.717, 1.165) is 31.9 Å². The van der Waals surface area contributed by atoms with E-state index < -0.39 is 11.9 Å². The number of alkyl halides is 3. The molecule has 0 bridgehead atoms. The van der Waals surface area contributed by atoms with Crippen molar-refractivity contribution in [2.45, 2.75) is 44.9 Å². The quantitative estimate of drug-likeness (QED) is 0.805. The van der Waals surface area contributed by atoms with Gasteiger partial charge < -0.3 is 14.8 Å². The first kappa shape index (κ1) is 19.6. The van der Waals surface area contributed by atoms with E-state index in [2.05, 4.69) is 15.3 Å². The smallest absolute Gasteiger partial charge is 0.376 e. The first-order valence-corrected chi connectivity index (χ1v) is 8.22. The summed E-state index contributed by atoms with van der Waals surface area (Å²) in [5.74, 6) is -0.288. The number of aryl methyl sites for hydroxylation is 1. The number of carbonyl (C=O) groups excluding carboxylic acids is 1. The topological polar surface area (TPSA) is 73.3 Å². The number of carbonyl (C=O) groups is 1. The molecule has 0 radical (unpaired) electrons. The molecule has 1 unspecified atom stereocenters. The van der Waals surface area contributed by atoms with Crippen LogP contribution in [-0.4, -0.2) is 48.3 Å². The highest BCUT2D eigenvalue weighted by molar-refractivity contribution is 5.77. The predicted molar refractivity (Wildman–Crippen MR) is 82.9 cm³/mol. The highest BCUT2D eigenvalue weighted by Gasteiger charge is 2.33. The standard InChI is InChI=1S/C16H22F3N3O3/c1-11-8-13(16(17,18)19)22-14(21-11)5-6-20-15(23)10-24-9-12-4-2-3-7-25-12/h8,12H,2-7,9-10H2,1H3,(H,20,23). The Balaban J connectivity index is 1.69. The molecule has 1 amide bonds. The number of halogens is 3. The van der Waals surface area contributed by atoms with Gasteiger partial charge in [-0.05, 0) is 32.3 Å². The third-order valence-electron chi connectivity index (χ3n) is 3.67. The summed E-state index contributed by atoms with van der Waals surface area (Å²) in [6, 6.07) is 0.892. The van der Waals surface area contributed by atoms with Gasteiger partial charge in [-0.25, -0.2) is 9.97 Å². The summed E-state index contributed by atoms with van der Waals surface area (Å²) in [5, 5.41) is 2.58. The molecule has 6 nitrogen and oxygen atoms in total. The molecular weight excluding hydrogens is 339 g/mol. The Bertz CT molecular complexity index is 575. The van der Waals surface area contributed by atoms with Crippen LogP contribution in [0.2, 0.25) is 0 Å². The van der Waals surface area contributed by atoms with Crippen molar-refractivity contribution in [1.29, 1.82) is 0 Å². The lowest BCUT2D eigenvalue weighted by atomic mass is 10.1. The maximum Gasteiger partial charge on any atom is 0.433 e. The Kier molecular flexibility index (Phi) is 7.12. The summed E-state index contributed by atoms with van der Waals surface area (Å²) in [5.41, 5.74) is -0.739. The van der Waals surface area contributed by atoms with Crippen LogP contribution in [0.3, 0.4) is 0 Å². The number of aromatic nitrogens is 2. The van der Waals surface area contributed by atoms with Crippen LogP contribution in [0.25, 0.3) is 0 Å². The maximum atomic E-state index is 12.7. The summed E-state index contributed by atoms with van der Waals surface area (Å²) in [6.45, 7) is 2.59. The average Bonchev–Trinajstić information content (AvgIpc) is 2.54. The predicted octanol–water partition coefficient (Wildman–Crippen LogP) is 2.05. The van der Waals surface area contributed by atoms with Gasteiger partial charge in [-0.2, -0.15) is 13.2 Å². The fraction of sp³-hybridized carbons (Fsp3) is 0.688. The number of hydrogen-bond donors (Lipinski definition) is 1. The van der Waals surface area contributed by atoms with Crippen molar-refractivity contribution in [2.75, 3.05) is 26.4 Å². The highest BCUT2D eigenvalue weighted by atomic mass is 19.4. The van der Waals surface area contributed by atoms with Gasteiger partial charge in [0.15, 0.2) is 0 Å². The van der Waals surface area contributed by atoms with E-state index in [1.54, 1.807) is 0 Å². The lowest BCUT2D eigenvalue weighted by Gasteiger charge is -2.22. The molecular formula is C16H22F3N3O3. The van der Waals surface area contributed by atoms with Crippen molar-refractivity contribution < 1.29 is 27.4 Å². The zero-order valence-electron chi connectivity index (χ0n) is 14.1. The van der Waals surface area contributed by atoms with Crippen LogP contribution >= 0.6 is 0 Å². The Labute approximate surface area is 144 Å². The van der Waals surface area contributed by atoms with Gasteiger partial charge in [0.1, 0.15) is 18.1 Å². The maximum absolute atomic E-state index is 12.7. The van der Waals surface area contributed by atoms with Crippen LogP contribution in [0.1, 0.15) is 36.5 Å². The molecule has 1 saturated heterocycles. The van der Waals surface area contributed by atoms with Crippen LogP contribution < -0.4 is 5.32 Å². The zero-order valence-corrected chi connectivity index (χ0v) is 14.1. The molecule has 9 heteroatoms. The van der Waals surface area contributed by atoms with E-state index in [0.29, 0.717) is 6.61 Å². The monoisotopic (exact) mass is 361 g/mol. The summed E-state index contributed by atoms with van der Waals surface area (Å²) in [4.78, 5) is 19.1. The van der Waals surface area contributed by atoms with Crippen molar-refractivity contribution in [1.82, 2.24) is 15.3 Å². The molecule has 1 aromatic heterocycles. The largest absolute Gasteiger partial charge is 0.433 e. The Hall–Kier alpha value is -1.74. The second-order valence-corrected chi connectivity index (χ2v) is 5.91. The van der Waals surface area contributed by atoms with Gasteiger partial charge in [-0.15, -0.1) is 0 Å². The van der Waals surface area contributed by atoms with Crippen LogP contribution in [0.5, 0.6) is 0 Å². The minimum absolute atomic E-state index is 0.0306. The molecule has 1 aromatic rings. The van der Waals surface area contributed by atoms with Gasteiger partial charge in [0.05, 0.1) is 12.7 Å². The molecule has 0 saturated carbocycles. The number of hydrogen-bond acceptors (Lipinski definition) is 5. The molecule has 1 aliphatic heterocycles. The highest BCUT2D eigenvalue weighted by Crippen LogP contribution is 2.27. The van der Waals surface area contributed by atoms with Gasteiger partial charge in [0.2, 0.25) is 5.91 Å². The van der Waals surface area contributed by atoms with Crippen LogP contribution in [-0.2, 0) is 26.9 Å². The fourth-order valence-electron chi connectivity index (χ4n) is 2.47. The minimum atomic E-state index is -4.51. The van der Waals surface area contributed by atoms with Crippen molar-refractivity contribution in [3.8, 4) is 0 Å². The molecule has 2 heterocycles. The molecule has 0 spiro atoms. The number of ether oxygens (including phenoxy) is 2. The number of rotatable bonds is 7. The lowest BCUT2D eigenvalue weighted by Crippen LogP contribution is -2.32. The second kappa shape index (κ2) is 9.10. The summed E-state index contributed by atoms with van der Waals surface area (Å²) in [6.07, 6.45) is -1.30. The van der Waals surface area contributed by atoms with Gasteiger partial charge in [0.25, 0.3) is 0 Å². The number of nitrogens with zero attached hydrogens (tertiary/aromatic N) is 2. The van der Waals surface area contributed by atoms with Crippen molar-refractivity contribution in [3.05, 3.63) is 23.3 Å². The van der Waals surface area contributed by atoms with Crippen molar-refractivity contribution in [3.63, 3.8) is 0 Å². The molecule has 140 valence electrons. The zero-order chi connectivity index (χ0) is 18.3.